The van der Waals surface area contributed by atoms with E-state index in [0.717, 1.165) is 18.5 Å². The molecule has 1 rings (SSSR count). The van der Waals surface area contributed by atoms with Gasteiger partial charge < -0.3 is 10.6 Å². The summed E-state index contributed by atoms with van der Waals surface area (Å²) in [6.45, 7) is 10.8. The third-order valence-electron chi connectivity index (χ3n) is 2.83. The monoisotopic (exact) mass is 259 g/mol. The molecule has 0 unspecified atom stereocenters. The summed E-state index contributed by atoms with van der Waals surface area (Å²) in [5, 5.41) is 5.78. The highest BCUT2D eigenvalue weighted by atomic mass is 16.1. The Kier molecular flexibility index (Phi) is 5.37. The second-order valence-corrected chi connectivity index (χ2v) is 5.02. The average molecular weight is 259 g/mol. The lowest BCUT2D eigenvalue weighted by Gasteiger charge is -2.15. The molecule has 0 saturated carbocycles. The van der Waals surface area contributed by atoms with Gasteiger partial charge in [0.25, 0.3) is 5.66 Å². The van der Waals surface area contributed by atoms with Crippen molar-refractivity contribution in [3.63, 3.8) is 0 Å². The standard InChI is InChI=1S/C15H21N3O/c1-15(2,17-4)18-13-10-8-12(9-11-13)6-5-7-14(19)16-3/h8-11,18H,5-7H2,1-3H3,(H,16,19). The first-order valence-electron chi connectivity index (χ1n) is 6.43. The van der Waals surface area contributed by atoms with Crippen LogP contribution in [0.25, 0.3) is 4.85 Å². The molecule has 1 amide bonds. The van der Waals surface area contributed by atoms with Crippen molar-refractivity contribution >= 4 is 11.6 Å². The van der Waals surface area contributed by atoms with Gasteiger partial charge in [-0.25, -0.2) is 6.57 Å². The Morgan fingerprint density at radius 1 is 1.32 bits per heavy atom. The van der Waals surface area contributed by atoms with E-state index in [9.17, 15) is 4.79 Å². The van der Waals surface area contributed by atoms with Crippen LogP contribution in [0.4, 0.5) is 5.69 Å². The molecule has 0 radical (unpaired) electrons. The summed E-state index contributed by atoms with van der Waals surface area (Å²) in [4.78, 5) is 14.6. The molecule has 4 heteroatoms. The van der Waals surface area contributed by atoms with Crippen molar-refractivity contribution in [2.45, 2.75) is 38.8 Å². The molecule has 19 heavy (non-hydrogen) atoms. The smallest absolute Gasteiger partial charge is 0.299 e. The van der Waals surface area contributed by atoms with Crippen molar-refractivity contribution in [3.8, 4) is 0 Å². The molecular weight excluding hydrogens is 238 g/mol. The number of rotatable bonds is 6. The third kappa shape index (κ3) is 5.43. The van der Waals surface area contributed by atoms with E-state index in [1.807, 2.05) is 38.1 Å². The molecule has 0 atom stereocenters. The number of carbonyl (C=O) groups is 1. The lowest BCUT2D eigenvalue weighted by Crippen LogP contribution is -2.25. The van der Waals surface area contributed by atoms with E-state index in [1.165, 1.54) is 5.56 Å². The van der Waals surface area contributed by atoms with Gasteiger partial charge in [-0.2, -0.15) is 0 Å². The molecule has 0 heterocycles. The van der Waals surface area contributed by atoms with Gasteiger partial charge in [0.05, 0.1) is 0 Å². The van der Waals surface area contributed by atoms with Crippen molar-refractivity contribution in [2.24, 2.45) is 0 Å². The number of hydrogen-bond acceptors (Lipinski definition) is 2. The molecular formula is C15H21N3O. The van der Waals surface area contributed by atoms with Crippen molar-refractivity contribution in [1.82, 2.24) is 5.32 Å². The Morgan fingerprint density at radius 3 is 2.47 bits per heavy atom. The van der Waals surface area contributed by atoms with Crippen molar-refractivity contribution < 1.29 is 4.79 Å². The zero-order valence-electron chi connectivity index (χ0n) is 11.8. The van der Waals surface area contributed by atoms with Gasteiger partial charge in [0.2, 0.25) is 5.91 Å². The van der Waals surface area contributed by atoms with E-state index >= 15 is 0 Å². The Labute approximate surface area is 115 Å². The minimum Gasteiger partial charge on any atom is -0.359 e. The average Bonchev–Trinajstić information content (AvgIpc) is 2.40. The minimum absolute atomic E-state index is 0.0806. The Balaban J connectivity index is 2.48. The zero-order chi connectivity index (χ0) is 14.3. The van der Waals surface area contributed by atoms with Crippen LogP contribution in [0.15, 0.2) is 24.3 Å². The van der Waals surface area contributed by atoms with E-state index in [4.69, 9.17) is 6.57 Å². The predicted octanol–water partition coefficient (Wildman–Crippen LogP) is 2.82. The summed E-state index contributed by atoms with van der Waals surface area (Å²) in [7, 11) is 1.65. The highest BCUT2D eigenvalue weighted by Crippen LogP contribution is 2.17. The van der Waals surface area contributed by atoms with Crippen LogP contribution in [0.3, 0.4) is 0 Å². The fourth-order valence-corrected chi connectivity index (χ4v) is 1.71. The van der Waals surface area contributed by atoms with Crippen LogP contribution in [-0.4, -0.2) is 18.6 Å². The normalized spacial score (nSPS) is 10.6. The van der Waals surface area contributed by atoms with Crippen LogP contribution in [0.1, 0.15) is 32.3 Å². The van der Waals surface area contributed by atoms with Crippen LogP contribution in [0.5, 0.6) is 0 Å². The number of hydrogen-bond donors (Lipinski definition) is 2. The second kappa shape index (κ2) is 6.79. The SMILES string of the molecule is [C-]#[N+]C(C)(C)Nc1ccc(CCCC(=O)NC)cc1. The van der Waals surface area contributed by atoms with E-state index in [-0.39, 0.29) is 5.91 Å². The first-order chi connectivity index (χ1) is 8.96. The van der Waals surface area contributed by atoms with Crippen LogP contribution in [-0.2, 0) is 11.2 Å². The number of amides is 1. The van der Waals surface area contributed by atoms with Gasteiger partial charge in [-0.05, 0) is 30.5 Å². The fourth-order valence-electron chi connectivity index (χ4n) is 1.71. The number of aryl methyl sites for hydroxylation is 1. The molecule has 0 saturated heterocycles. The molecule has 0 fully saturated rings. The summed E-state index contributed by atoms with van der Waals surface area (Å²) in [5.41, 5.74) is 1.56. The predicted molar refractivity (Wildman–Crippen MR) is 77.8 cm³/mol. The van der Waals surface area contributed by atoms with Crippen LogP contribution >= 0.6 is 0 Å². The van der Waals surface area contributed by atoms with Gasteiger partial charge in [-0.1, -0.05) is 12.1 Å². The van der Waals surface area contributed by atoms with Gasteiger partial charge in [0.15, 0.2) is 0 Å². The summed E-state index contributed by atoms with van der Waals surface area (Å²) < 4.78 is 0. The van der Waals surface area contributed by atoms with E-state index in [1.54, 1.807) is 7.05 Å². The molecule has 2 N–H and O–H groups in total. The van der Waals surface area contributed by atoms with Crippen molar-refractivity contribution in [3.05, 3.63) is 41.2 Å². The van der Waals surface area contributed by atoms with Gasteiger partial charge in [-0.3, -0.25) is 9.64 Å². The molecule has 1 aromatic rings. The number of anilines is 1. The molecule has 4 nitrogen and oxygen atoms in total. The van der Waals surface area contributed by atoms with Crippen molar-refractivity contribution in [1.29, 1.82) is 0 Å². The molecule has 0 aliphatic rings. The molecule has 0 bridgehead atoms. The van der Waals surface area contributed by atoms with Crippen LogP contribution in [0, 0.1) is 6.57 Å². The van der Waals surface area contributed by atoms with Crippen LogP contribution < -0.4 is 10.6 Å². The number of nitrogens with one attached hydrogen (secondary N) is 2. The number of nitrogens with zero attached hydrogens (tertiary/aromatic N) is 1. The summed E-state index contributed by atoms with van der Waals surface area (Å²) in [6.07, 6.45) is 2.29. The Bertz CT molecular complexity index is 457. The minimum atomic E-state index is -0.583. The second-order valence-electron chi connectivity index (χ2n) is 5.02. The first-order valence-corrected chi connectivity index (χ1v) is 6.43. The van der Waals surface area contributed by atoms with E-state index in [0.29, 0.717) is 6.42 Å². The Morgan fingerprint density at radius 2 is 1.95 bits per heavy atom. The van der Waals surface area contributed by atoms with Gasteiger partial charge in [0.1, 0.15) is 0 Å². The topological polar surface area (TPSA) is 45.5 Å². The maximum absolute atomic E-state index is 11.1. The van der Waals surface area contributed by atoms with Gasteiger partial charge >= 0.3 is 0 Å². The lowest BCUT2D eigenvalue weighted by molar-refractivity contribution is -0.120. The highest BCUT2D eigenvalue weighted by molar-refractivity contribution is 5.75. The summed E-state index contributed by atoms with van der Waals surface area (Å²) >= 11 is 0. The molecule has 0 aliphatic carbocycles. The highest BCUT2D eigenvalue weighted by Gasteiger charge is 2.21. The largest absolute Gasteiger partial charge is 0.359 e. The maximum Gasteiger partial charge on any atom is 0.299 e. The van der Waals surface area contributed by atoms with Gasteiger partial charge in [0, 0.05) is 33.0 Å². The van der Waals surface area contributed by atoms with Crippen LogP contribution in [0.2, 0.25) is 0 Å². The molecule has 102 valence electrons. The van der Waals surface area contributed by atoms with Gasteiger partial charge in [-0.15, -0.1) is 0 Å². The zero-order valence-corrected chi connectivity index (χ0v) is 11.8. The summed E-state index contributed by atoms with van der Waals surface area (Å²) in [5.74, 6) is 0.0806. The maximum atomic E-state index is 11.1. The van der Waals surface area contributed by atoms with E-state index < -0.39 is 5.66 Å². The quantitative estimate of drug-likeness (QED) is 0.772. The fraction of sp³-hybridized carbons (Fsp3) is 0.467. The third-order valence-corrected chi connectivity index (χ3v) is 2.83. The molecule has 0 aromatic heterocycles. The number of carbonyl (C=O) groups excluding carboxylic acids is 1. The first kappa shape index (κ1) is 15.0. The van der Waals surface area contributed by atoms with Crippen molar-refractivity contribution in [2.75, 3.05) is 12.4 Å². The molecule has 0 aliphatic heterocycles. The lowest BCUT2D eigenvalue weighted by atomic mass is 10.1. The molecule has 1 aromatic carbocycles. The summed E-state index contributed by atoms with van der Waals surface area (Å²) in [6, 6.07) is 8.02. The molecule has 0 spiro atoms. The Hall–Kier alpha value is -2.02. The van der Waals surface area contributed by atoms with E-state index in [2.05, 4.69) is 15.5 Å². The number of benzene rings is 1.